The summed E-state index contributed by atoms with van der Waals surface area (Å²) in [4.78, 5) is 2.58. The molecule has 1 aliphatic carbocycles. The van der Waals surface area contributed by atoms with Crippen LogP contribution in [0.3, 0.4) is 0 Å². The quantitative estimate of drug-likeness (QED) is 0.854. The maximum atomic E-state index is 5.65. The molecule has 1 aromatic carbocycles. The highest BCUT2D eigenvalue weighted by molar-refractivity contribution is 5.85. The van der Waals surface area contributed by atoms with E-state index in [-0.39, 0.29) is 12.4 Å². The van der Waals surface area contributed by atoms with Crippen molar-refractivity contribution in [3.05, 3.63) is 22.8 Å². The van der Waals surface area contributed by atoms with Gasteiger partial charge in [0.2, 0.25) is 0 Å². The van der Waals surface area contributed by atoms with Gasteiger partial charge in [-0.05, 0) is 49.4 Å². The Bertz CT molecular complexity index is 518. The van der Waals surface area contributed by atoms with Crippen LogP contribution >= 0.6 is 12.4 Å². The molecule has 2 unspecified atom stereocenters. The number of methoxy groups -OCH3 is 2. The van der Waals surface area contributed by atoms with Crippen molar-refractivity contribution in [2.24, 2.45) is 5.92 Å². The van der Waals surface area contributed by atoms with E-state index in [9.17, 15) is 0 Å². The Hall–Kier alpha value is -0.930. The molecule has 1 aliphatic heterocycles. The Labute approximate surface area is 134 Å². The average molecular weight is 312 g/mol. The van der Waals surface area contributed by atoms with Crippen molar-refractivity contribution in [2.45, 2.75) is 32.6 Å². The smallest absolute Gasteiger partial charge is 0.164 e. The first kappa shape index (κ1) is 16.4. The van der Waals surface area contributed by atoms with Crippen LogP contribution in [0.25, 0.3) is 0 Å². The number of likely N-dealkylation sites (N-methyl/N-ethyl adjacent to an activating group) is 1. The molecule has 0 spiro atoms. The summed E-state index contributed by atoms with van der Waals surface area (Å²) in [6.45, 7) is 8.10. The van der Waals surface area contributed by atoms with Gasteiger partial charge >= 0.3 is 0 Å². The number of nitrogens with zero attached hydrogens (tertiary/aromatic N) is 1. The highest BCUT2D eigenvalue weighted by Gasteiger charge is 2.39. The predicted molar refractivity (Wildman–Crippen MR) is 88.2 cm³/mol. The molecule has 1 aromatic rings. The van der Waals surface area contributed by atoms with Crippen LogP contribution in [-0.2, 0) is 6.42 Å². The second kappa shape index (κ2) is 6.45. The van der Waals surface area contributed by atoms with E-state index in [2.05, 4.69) is 24.8 Å². The monoisotopic (exact) mass is 311 g/mol. The van der Waals surface area contributed by atoms with Crippen molar-refractivity contribution in [2.75, 3.05) is 33.9 Å². The van der Waals surface area contributed by atoms with Crippen molar-refractivity contribution in [3.63, 3.8) is 0 Å². The summed E-state index contributed by atoms with van der Waals surface area (Å²) >= 11 is 0. The summed E-state index contributed by atoms with van der Waals surface area (Å²) in [5, 5.41) is 0. The van der Waals surface area contributed by atoms with Crippen molar-refractivity contribution in [1.29, 1.82) is 0 Å². The lowest BCUT2D eigenvalue weighted by atomic mass is 9.75. The van der Waals surface area contributed by atoms with Crippen LogP contribution in [0.5, 0.6) is 11.5 Å². The second-order valence-corrected chi connectivity index (χ2v) is 6.08. The number of hydrogen-bond donors (Lipinski definition) is 0. The van der Waals surface area contributed by atoms with Gasteiger partial charge < -0.3 is 14.4 Å². The molecule has 0 aromatic heterocycles. The summed E-state index contributed by atoms with van der Waals surface area (Å²) < 4.78 is 11.2. The zero-order valence-electron chi connectivity index (χ0n) is 13.4. The molecule has 4 heteroatoms. The van der Waals surface area contributed by atoms with Crippen LogP contribution in [0.1, 0.15) is 36.0 Å². The van der Waals surface area contributed by atoms with E-state index in [0.717, 1.165) is 30.4 Å². The molecule has 3 rings (SSSR count). The molecule has 2 atom stereocenters. The van der Waals surface area contributed by atoms with E-state index < -0.39 is 0 Å². The number of halogens is 1. The summed E-state index contributed by atoms with van der Waals surface area (Å²) in [5.74, 6) is 3.34. The fourth-order valence-electron chi connectivity index (χ4n) is 4.16. The molecule has 1 heterocycles. The van der Waals surface area contributed by atoms with Gasteiger partial charge in [-0.25, -0.2) is 0 Å². The van der Waals surface area contributed by atoms with E-state index in [4.69, 9.17) is 9.47 Å². The molecular formula is C17H26ClNO2. The van der Waals surface area contributed by atoms with Gasteiger partial charge in [0.05, 0.1) is 14.2 Å². The third-order valence-electron chi connectivity index (χ3n) is 5.12. The van der Waals surface area contributed by atoms with E-state index in [0.29, 0.717) is 5.92 Å². The fourth-order valence-corrected chi connectivity index (χ4v) is 4.16. The molecule has 2 aliphatic rings. The van der Waals surface area contributed by atoms with E-state index in [1.165, 1.54) is 36.2 Å². The van der Waals surface area contributed by atoms with E-state index in [1.54, 1.807) is 14.2 Å². The molecule has 3 nitrogen and oxygen atoms in total. The lowest BCUT2D eigenvalue weighted by Gasteiger charge is -2.31. The molecule has 1 saturated heterocycles. The lowest BCUT2D eigenvalue weighted by molar-refractivity contribution is 0.335. The third-order valence-corrected chi connectivity index (χ3v) is 5.12. The van der Waals surface area contributed by atoms with Gasteiger partial charge in [-0.15, -0.1) is 12.4 Å². The van der Waals surface area contributed by atoms with E-state index in [1.807, 2.05) is 0 Å². The van der Waals surface area contributed by atoms with Crippen molar-refractivity contribution < 1.29 is 9.47 Å². The SMILES string of the molecule is CCN1CC2CCc3c(OC)c(OC)cc(C)c3C2C1.Cl. The zero-order valence-corrected chi connectivity index (χ0v) is 14.3. The number of likely N-dealkylation sites (tertiary alicyclic amines) is 1. The first-order valence-electron chi connectivity index (χ1n) is 7.66. The van der Waals surface area contributed by atoms with Crippen molar-refractivity contribution >= 4 is 12.4 Å². The third kappa shape index (κ3) is 2.62. The number of ether oxygens (including phenoxy) is 2. The highest BCUT2D eigenvalue weighted by Crippen LogP contribution is 2.48. The normalized spacial score (nSPS) is 24.0. The van der Waals surface area contributed by atoms with Gasteiger partial charge in [0.1, 0.15) is 0 Å². The minimum absolute atomic E-state index is 0. The standard InChI is InChI=1S/C17H25NO2.ClH/c1-5-18-9-12-6-7-13-16(14(12)10-18)11(2)8-15(19-3)17(13)20-4;/h8,12,14H,5-7,9-10H2,1-4H3;1H. The Balaban J connectivity index is 0.00000161. The van der Waals surface area contributed by atoms with Crippen LogP contribution in [0.15, 0.2) is 6.07 Å². The summed E-state index contributed by atoms with van der Waals surface area (Å²) in [5.41, 5.74) is 4.30. The topological polar surface area (TPSA) is 21.7 Å². The number of aryl methyl sites for hydroxylation is 1. The summed E-state index contributed by atoms with van der Waals surface area (Å²) in [6.07, 6.45) is 2.40. The molecule has 0 radical (unpaired) electrons. The van der Waals surface area contributed by atoms with Crippen molar-refractivity contribution in [3.8, 4) is 11.5 Å². The molecule has 0 N–H and O–H groups in total. The summed E-state index contributed by atoms with van der Waals surface area (Å²) in [7, 11) is 3.48. The van der Waals surface area contributed by atoms with Gasteiger partial charge in [-0.1, -0.05) is 6.92 Å². The molecule has 1 fully saturated rings. The fraction of sp³-hybridized carbons (Fsp3) is 0.647. The lowest BCUT2D eigenvalue weighted by Crippen LogP contribution is -2.21. The van der Waals surface area contributed by atoms with Crippen LogP contribution in [0, 0.1) is 12.8 Å². The number of fused-ring (bicyclic) bond motifs is 3. The van der Waals surface area contributed by atoms with Gasteiger partial charge in [0.25, 0.3) is 0 Å². The second-order valence-electron chi connectivity index (χ2n) is 6.08. The number of benzene rings is 1. The van der Waals surface area contributed by atoms with Crippen molar-refractivity contribution in [1.82, 2.24) is 4.90 Å². The molecular weight excluding hydrogens is 286 g/mol. The van der Waals surface area contributed by atoms with E-state index >= 15 is 0 Å². The Kier molecular flexibility index (Phi) is 5.05. The molecule has 118 valence electrons. The molecule has 21 heavy (non-hydrogen) atoms. The van der Waals surface area contributed by atoms with Crippen LogP contribution in [0.2, 0.25) is 0 Å². The molecule has 0 saturated carbocycles. The minimum atomic E-state index is 0. The maximum absolute atomic E-state index is 5.65. The molecule has 0 bridgehead atoms. The van der Waals surface area contributed by atoms with Crippen LogP contribution in [0.4, 0.5) is 0 Å². The van der Waals surface area contributed by atoms with Gasteiger partial charge in [-0.2, -0.15) is 0 Å². The van der Waals surface area contributed by atoms with Crippen LogP contribution < -0.4 is 9.47 Å². The highest BCUT2D eigenvalue weighted by atomic mass is 35.5. The average Bonchev–Trinajstić information content (AvgIpc) is 2.89. The maximum Gasteiger partial charge on any atom is 0.164 e. The first-order valence-corrected chi connectivity index (χ1v) is 7.66. The summed E-state index contributed by atoms with van der Waals surface area (Å²) in [6, 6.07) is 2.15. The van der Waals surface area contributed by atoms with Gasteiger partial charge in [-0.3, -0.25) is 0 Å². The Morgan fingerprint density at radius 3 is 2.62 bits per heavy atom. The predicted octanol–water partition coefficient (Wildman–Crippen LogP) is 3.42. The number of rotatable bonds is 3. The van der Waals surface area contributed by atoms with Gasteiger partial charge in [0.15, 0.2) is 11.5 Å². The zero-order chi connectivity index (χ0) is 14.3. The van der Waals surface area contributed by atoms with Gasteiger partial charge in [0, 0.05) is 24.6 Å². The Morgan fingerprint density at radius 1 is 1.24 bits per heavy atom. The minimum Gasteiger partial charge on any atom is -0.493 e. The first-order chi connectivity index (χ1) is 9.69. The van der Waals surface area contributed by atoms with Crippen LogP contribution in [-0.4, -0.2) is 38.8 Å². The molecule has 0 amide bonds. The Morgan fingerprint density at radius 2 is 2.00 bits per heavy atom. The largest absolute Gasteiger partial charge is 0.493 e. The number of hydrogen-bond acceptors (Lipinski definition) is 3.